The molecular formula is C10H19N2O2. The Morgan fingerprint density at radius 1 is 1.21 bits per heavy atom. The van der Waals surface area contributed by atoms with E-state index in [2.05, 4.69) is 0 Å². The molecule has 0 atom stereocenters. The third kappa shape index (κ3) is 5.56. The van der Waals surface area contributed by atoms with Gasteiger partial charge in [-0.05, 0) is 12.8 Å². The second-order valence-electron chi connectivity index (χ2n) is 3.34. The summed E-state index contributed by atoms with van der Waals surface area (Å²) >= 11 is 0. The van der Waals surface area contributed by atoms with Crippen molar-refractivity contribution in [1.82, 2.24) is 10.6 Å². The van der Waals surface area contributed by atoms with E-state index in [0.717, 1.165) is 19.3 Å². The van der Waals surface area contributed by atoms with Crippen LogP contribution in [-0.2, 0) is 9.59 Å². The molecule has 1 radical (unpaired) electrons. The predicted molar refractivity (Wildman–Crippen MR) is 54.5 cm³/mol. The molecule has 1 N–H and O–H groups in total. The van der Waals surface area contributed by atoms with E-state index < -0.39 is 5.91 Å². The lowest BCUT2D eigenvalue weighted by Gasteiger charge is -2.19. The van der Waals surface area contributed by atoms with Gasteiger partial charge in [-0.3, -0.25) is 15.3 Å². The maximum absolute atomic E-state index is 11.5. The maximum atomic E-state index is 11.5. The van der Waals surface area contributed by atoms with Crippen molar-refractivity contribution in [2.75, 3.05) is 13.1 Å². The second-order valence-corrected chi connectivity index (χ2v) is 3.34. The van der Waals surface area contributed by atoms with Gasteiger partial charge in [0.1, 0.15) is 6.54 Å². The summed E-state index contributed by atoms with van der Waals surface area (Å²) < 4.78 is 0. The highest BCUT2D eigenvalue weighted by Gasteiger charge is 2.13. The van der Waals surface area contributed by atoms with Crippen molar-refractivity contribution in [2.24, 2.45) is 0 Å². The van der Waals surface area contributed by atoms with Gasteiger partial charge < -0.3 is 4.90 Å². The van der Waals surface area contributed by atoms with Crippen LogP contribution in [0.1, 0.15) is 39.5 Å². The van der Waals surface area contributed by atoms with Crippen LogP contribution >= 0.6 is 0 Å². The summed E-state index contributed by atoms with van der Waals surface area (Å²) in [5.41, 5.74) is 6.82. The fourth-order valence-corrected chi connectivity index (χ4v) is 1.22. The van der Waals surface area contributed by atoms with E-state index in [4.69, 9.17) is 5.73 Å². The van der Waals surface area contributed by atoms with Crippen molar-refractivity contribution in [2.45, 2.75) is 39.5 Å². The SMILES string of the molecule is CCCCC(=O)N(CCC)CC([NH])=O. The first-order valence-corrected chi connectivity index (χ1v) is 5.14. The molecule has 0 rings (SSSR count). The van der Waals surface area contributed by atoms with E-state index in [0.29, 0.717) is 13.0 Å². The molecule has 0 aliphatic rings. The van der Waals surface area contributed by atoms with Crippen LogP contribution in [0.15, 0.2) is 0 Å². The van der Waals surface area contributed by atoms with Crippen molar-refractivity contribution in [3.63, 3.8) is 0 Å². The minimum Gasteiger partial charge on any atom is -0.333 e. The molecule has 2 amide bonds. The zero-order chi connectivity index (χ0) is 11.0. The summed E-state index contributed by atoms with van der Waals surface area (Å²) in [6, 6.07) is 0. The van der Waals surface area contributed by atoms with Crippen LogP contribution in [0.5, 0.6) is 0 Å². The van der Waals surface area contributed by atoms with Gasteiger partial charge in [-0.15, -0.1) is 0 Å². The highest BCUT2D eigenvalue weighted by Crippen LogP contribution is 2.01. The van der Waals surface area contributed by atoms with Gasteiger partial charge in [0.05, 0.1) is 0 Å². The Balaban J connectivity index is 4.03. The number of unbranched alkanes of at least 4 members (excludes halogenated alkanes) is 1. The van der Waals surface area contributed by atoms with E-state index in [9.17, 15) is 9.59 Å². The molecule has 0 saturated heterocycles. The minimum atomic E-state index is -0.691. The lowest BCUT2D eigenvalue weighted by atomic mass is 10.2. The van der Waals surface area contributed by atoms with Crippen molar-refractivity contribution < 1.29 is 9.59 Å². The summed E-state index contributed by atoms with van der Waals surface area (Å²) in [4.78, 5) is 23.6. The Morgan fingerprint density at radius 2 is 1.86 bits per heavy atom. The molecule has 0 aromatic heterocycles. The molecule has 0 aliphatic carbocycles. The van der Waals surface area contributed by atoms with E-state index in [1.807, 2.05) is 13.8 Å². The standard InChI is InChI=1S/C10H19N2O2/c1-3-5-6-10(14)12(7-4-2)8-9(11)13/h11H,3-8H2,1-2H3. The van der Waals surface area contributed by atoms with Gasteiger partial charge >= 0.3 is 0 Å². The number of amides is 2. The molecule has 14 heavy (non-hydrogen) atoms. The molecular weight excluding hydrogens is 180 g/mol. The summed E-state index contributed by atoms with van der Waals surface area (Å²) in [7, 11) is 0. The number of hydrogen-bond donors (Lipinski definition) is 0. The largest absolute Gasteiger partial charge is 0.333 e. The number of rotatable bonds is 7. The molecule has 4 nitrogen and oxygen atoms in total. The van der Waals surface area contributed by atoms with Crippen LogP contribution in [0, 0.1) is 0 Å². The fraction of sp³-hybridized carbons (Fsp3) is 0.800. The highest BCUT2D eigenvalue weighted by atomic mass is 16.2. The van der Waals surface area contributed by atoms with Gasteiger partial charge in [0.15, 0.2) is 0 Å². The fourth-order valence-electron chi connectivity index (χ4n) is 1.22. The first kappa shape index (κ1) is 12.9. The van der Waals surface area contributed by atoms with Crippen LogP contribution in [0.2, 0.25) is 0 Å². The summed E-state index contributed by atoms with van der Waals surface area (Å²) in [5.74, 6) is -0.697. The van der Waals surface area contributed by atoms with Gasteiger partial charge in [-0.2, -0.15) is 0 Å². The third-order valence-electron chi connectivity index (χ3n) is 1.92. The number of nitrogens with zero attached hydrogens (tertiary/aromatic N) is 1. The van der Waals surface area contributed by atoms with E-state index >= 15 is 0 Å². The summed E-state index contributed by atoms with van der Waals surface area (Å²) in [5, 5.41) is 0. The molecule has 0 fully saturated rings. The minimum absolute atomic E-state index is 0.00528. The Morgan fingerprint density at radius 3 is 2.29 bits per heavy atom. The first-order chi connectivity index (χ1) is 6.61. The van der Waals surface area contributed by atoms with Gasteiger partial charge in [0, 0.05) is 13.0 Å². The smallest absolute Gasteiger partial charge is 0.257 e. The monoisotopic (exact) mass is 199 g/mol. The zero-order valence-electron chi connectivity index (χ0n) is 9.01. The van der Waals surface area contributed by atoms with E-state index in [1.165, 1.54) is 4.90 Å². The topological polar surface area (TPSA) is 61.2 Å². The second kappa shape index (κ2) is 7.35. The average Bonchev–Trinajstić information content (AvgIpc) is 2.13. The lowest BCUT2D eigenvalue weighted by molar-refractivity contribution is -0.135. The van der Waals surface area contributed by atoms with Gasteiger partial charge in [0.25, 0.3) is 5.91 Å². The molecule has 0 saturated carbocycles. The number of hydrogen-bond acceptors (Lipinski definition) is 2. The van der Waals surface area contributed by atoms with Crippen molar-refractivity contribution in [1.29, 1.82) is 0 Å². The Hall–Kier alpha value is -1.06. The molecule has 0 aliphatic heterocycles. The van der Waals surface area contributed by atoms with Crippen LogP contribution in [-0.4, -0.2) is 29.8 Å². The molecule has 0 aromatic rings. The lowest BCUT2D eigenvalue weighted by Crippen LogP contribution is -2.36. The van der Waals surface area contributed by atoms with Crippen LogP contribution in [0.3, 0.4) is 0 Å². The van der Waals surface area contributed by atoms with Crippen molar-refractivity contribution in [3.8, 4) is 0 Å². The number of carbonyl (C=O) groups excluding carboxylic acids is 2. The van der Waals surface area contributed by atoms with Gasteiger partial charge in [-0.1, -0.05) is 20.3 Å². The summed E-state index contributed by atoms with van der Waals surface area (Å²) in [6.07, 6.45) is 3.14. The summed E-state index contributed by atoms with van der Waals surface area (Å²) in [6.45, 7) is 4.49. The zero-order valence-corrected chi connectivity index (χ0v) is 9.01. The van der Waals surface area contributed by atoms with Gasteiger partial charge in [-0.25, -0.2) is 0 Å². The first-order valence-electron chi connectivity index (χ1n) is 5.14. The Kier molecular flexibility index (Phi) is 6.80. The maximum Gasteiger partial charge on any atom is 0.257 e. The molecule has 0 spiro atoms. The molecule has 4 heteroatoms. The van der Waals surface area contributed by atoms with E-state index in [-0.39, 0.29) is 12.5 Å². The van der Waals surface area contributed by atoms with Crippen LogP contribution in [0.25, 0.3) is 0 Å². The van der Waals surface area contributed by atoms with Crippen LogP contribution < -0.4 is 5.73 Å². The third-order valence-corrected chi connectivity index (χ3v) is 1.92. The molecule has 0 aromatic carbocycles. The number of carbonyl (C=O) groups is 2. The van der Waals surface area contributed by atoms with E-state index in [1.54, 1.807) is 0 Å². The van der Waals surface area contributed by atoms with Crippen LogP contribution in [0.4, 0.5) is 0 Å². The molecule has 0 bridgehead atoms. The van der Waals surface area contributed by atoms with Crippen molar-refractivity contribution >= 4 is 11.8 Å². The Labute approximate surface area is 85.4 Å². The average molecular weight is 199 g/mol. The predicted octanol–water partition coefficient (Wildman–Crippen LogP) is 1.22. The molecule has 0 unspecified atom stereocenters. The molecule has 81 valence electrons. The Bertz CT molecular complexity index is 193. The molecule has 0 heterocycles. The highest BCUT2D eigenvalue weighted by molar-refractivity contribution is 5.83. The quantitative estimate of drug-likeness (QED) is 0.619. The normalized spacial score (nSPS) is 9.86. The van der Waals surface area contributed by atoms with Gasteiger partial charge in [0.2, 0.25) is 5.91 Å². The van der Waals surface area contributed by atoms with Crippen molar-refractivity contribution in [3.05, 3.63) is 0 Å². The number of nitrogens with one attached hydrogen (secondary N) is 1.